The third-order valence-electron chi connectivity index (χ3n) is 2.32. The predicted molar refractivity (Wildman–Crippen MR) is 76.9 cm³/mol. The minimum absolute atomic E-state index is 0.0834. The van der Waals surface area contributed by atoms with Crippen molar-refractivity contribution >= 4 is 45.1 Å². The van der Waals surface area contributed by atoms with Crippen molar-refractivity contribution in [2.24, 2.45) is 4.99 Å². The van der Waals surface area contributed by atoms with Gasteiger partial charge in [0.05, 0.1) is 5.97 Å². The highest BCUT2D eigenvalue weighted by molar-refractivity contribution is 8.45. The summed E-state index contributed by atoms with van der Waals surface area (Å²) in [6.45, 7) is 2.00. The Kier molecular flexibility index (Phi) is 4.44. The third kappa shape index (κ3) is 3.48. The van der Waals surface area contributed by atoms with E-state index < -0.39 is 5.97 Å². The number of aromatic carboxylic acids is 1. The Bertz CT molecular complexity index is 576. The van der Waals surface area contributed by atoms with Gasteiger partial charge in [-0.1, -0.05) is 43.0 Å². The average Bonchev–Trinajstić information content (AvgIpc) is 2.71. The van der Waals surface area contributed by atoms with E-state index in [1.165, 1.54) is 23.9 Å². The van der Waals surface area contributed by atoms with E-state index in [-0.39, 0.29) is 10.7 Å². The number of hydrogen-bond acceptors (Lipinski definition) is 6. The van der Waals surface area contributed by atoms with E-state index in [0.29, 0.717) is 5.70 Å². The first-order valence-corrected chi connectivity index (χ1v) is 7.37. The fourth-order valence-electron chi connectivity index (χ4n) is 1.45. The second-order valence-corrected chi connectivity index (χ2v) is 6.11. The van der Waals surface area contributed by atoms with E-state index in [4.69, 9.17) is 0 Å². The number of benzene rings is 1. The van der Waals surface area contributed by atoms with Crippen LogP contribution in [0.25, 0.3) is 6.08 Å². The standard InChI is InChI=1S/C13H11NO3S2/c1-2-18-13-14-10(12(17)19-13)7-8-3-5-9(6-4-8)11(15)16/h3-7H,2H2,1H3,(H,15,16)/p-1. The summed E-state index contributed by atoms with van der Waals surface area (Å²) in [4.78, 5) is 26.6. The minimum atomic E-state index is -1.22. The minimum Gasteiger partial charge on any atom is -0.545 e. The molecule has 6 heteroatoms. The van der Waals surface area contributed by atoms with E-state index in [1.807, 2.05) is 6.92 Å². The Hall–Kier alpha value is -1.53. The molecule has 0 unspecified atom stereocenters. The summed E-state index contributed by atoms with van der Waals surface area (Å²) in [6, 6.07) is 6.13. The molecular formula is C13H10NO3S2-. The van der Waals surface area contributed by atoms with Gasteiger partial charge in [0.15, 0.2) is 0 Å². The average molecular weight is 292 g/mol. The van der Waals surface area contributed by atoms with Crippen LogP contribution < -0.4 is 5.11 Å². The lowest BCUT2D eigenvalue weighted by Crippen LogP contribution is -2.21. The van der Waals surface area contributed by atoms with Crippen LogP contribution in [0, 0.1) is 0 Å². The molecule has 0 saturated heterocycles. The largest absolute Gasteiger partial charge is 0.545 e. The topological polar surface area (TPSA) is 69.6 Å². The fourth-order valence-corrected chi connectivity index (χ4v) is 3.19. The van der Waals surface area contributed by atoms with Gasteiger partial charge in [-0.25, -0.2) is 4.99 Å². The smallest absolute Gasteiger partial charge is 0.244 e. The monoisotopic (exact) mass is 292 g/mol. The number of thioether (sulfide) groups is 2. The van der Waals surface area contributed by atoms with E-state index in [2.05, 4.69) is 4.99 Å². The highest BCUT2D eigenvalue weighted by Crippen LogP contribution is 2.30. The maximum absolute atomic E-state index is 11.7. The highest BCUT2D eigenvalue weighted by Gasteiger charge is 2.21. The summed E-state index contributed by atoms with van der Waals surface area (Å²) in [7, 11) is 0. The molecule has 0 saturated carbocycles. The zero-order valence-corrected chi connectivity index (χ0v) is 11.7. The summed E-state index contributed by atoms with van der Waals surface area (Å²) in [5.41, 5.74) is 1.24. The molecule has 1 aliphatic rings. The molecule has 0 fully saturated rings. The van der Waals surface area contributed by atoms with Crippen molar-refractivity contribution in [3.8, 4) is 0 Å². The molecule has 2 rings (SSSR count). The second kappa shape index (κ2) is 6.08. The third-order valence-corrected chi connectivity index (χ3v) is 4.21. The number of nitrogens with zero attached hydrogens (tertiary/aromatic N) is 1. The Morgan fingerprint density at radius 1 is 1.42 bits per heavy atom. The van der Waals surface area contributed by atoms with Crippen molar-refractivity contribution in [1.29, 1.82) is 0 Å². The first-order valence-electron chi connectivity index (χ1n) is 5.57. The van der Waals surface area contributed by atoms with Crippen LogP contribution >= 0.6 is 23.5 Å². The summed E-state index contributed by atoms with van der Waals surface area (Å²) < 4.78 is 0.755. The molecule has 4 nitrogen and oxygen atoms in total. The van der Waals surface area contributed by atoms with Crippen molar-refractivity contribution in [3.05, 3.63) is 41.1 Å². The summed E-state index contributed by atoms with van der Waals surface area (Å²) >= 11 is 2.66. The molecule has 0 spiro atoms. The molecule has 0 N–H and O–H groups in total. The van der Waals surface area contributed by atoms with Crippen LogP contribution in [0.5, 0.6) is 0 Å². The Balaban J connectivity index is 2.21. The molecular weight excluding hydrogens is 282 g/mol. The quantitative estimate of drug-likeness (QED) is 0.794. The molecule has 0 radical (unpaired) electrons. The number of aliphatic imine (C=N–C) groups is 1. The van der Waals surface area contributed by atoms with Crippen LogP contribution in [0.4, 0.5) is 0 Å². The van der Waals surface area contributed by atoms with Gasteiger partial charge in [0.25, 0.3) is 0 Å². The van der Waals surface area contributed by atoms with Gasteiger partial charge in [0, 0.05) is 0 Å². The molecule has 0 atom stereocenters. The maximum Gasteiger partial charge on any atom is 0.244 e. The normalized spacial score (nSPS) is 16.8. The van der Waals surface area contributed by atoms with Crippen molar-refractivity contribution in [2.75, 3.05) is 5.75 Å². The Morgan fingerprint density at radius 2 is 2.11 bits per heavy atom. The van der Waals surface area contributed by atoms with E-state index in [0.717, 1.165) is 27.5 Å². The highest BCUT2D eigenvalue weighted by atomic mass is 32.2. The number of rotatable bonds is 3. The van der Waals surface area contributed by atoms with Crippen LogP contribution in [0.15, 0.2) is 35.0 Å². The van der Waals surface area contributed by atoms with Gasteiger partial charge in [0.2, 0.25) is 5.12 Å². The number of hydrogen-bond donors (Lipinski definition) is 0. The van der Waals surface area contributed by atoms with Gasteiger partial charge in [-0.3, -0.25) is 4.79 Å². The van der Waals surface area contributed by atoms with Gasteiger partial charge in [-0.05, 0) is 34.7 Å². The molecule has 98 valence electrons. The van der Waals surface area contributed by atoms with Crippen molar-refractivity contribution in [1.82, 2.24) is 0 Å². The van der Waals surface area contributed by atoms with Crippen LogP contribution in [0.1, 0.15) is 22.8 Å². The van der Waals surface area contributed by atoms with Crippen molar-refractivity contribution in [2.45, 2.75) is 6.92 Å². The fraction of sp³-hybridized carbons (Fsp3) is 0.154. The lowest BCUT2D eigenvalue weighted by Gasteiger charge is -2.01. The number of carboxylic acid groups (broad SMARTS) is 1. The Labute approximate surface area is 119 Å². The first-order chi connectivity index (χ1) is 9.10. The molecule has 0 aliphatic carbocycles. The number of carbonyl (C=O) groups excluding carboxylic acids is 2. The van der Waals surface area contributed by atoms with Gasteiger partial charge in [0.1, 0.15) is 10.1 Å². The van der Waals surface area contributed by atoms with Gasteiger partial charge >= 0.3 is 0 Å². The van der Waals surface area contributed by atoms with Crippen molar-refractivity contribution < 1.29 is 14.7 Å². The van der Waals surface area contributed by atoms with Gasteiger partial charge in [-0.15, -0.1) is 0 Å². The molecule has 1 aromatic carbocycles. The first kappa shape index (κ1) is 13.9. The summed E-state index contributed by atoms with van der Waals surface area (Å²) in [5, 5.41) is 10.5. The summed E-state index contributed by atoms with van der Waals surface area (Å²) in [6.07, 6.45) is 1.65. The van der Waals surface area contributed by atoms with Crippen molar-refractivity contribution in [3.63, 3.8) is 0 Å². The van der Waals surface area contributed by atoms with Crippen LogP contribution in [-0.4, -0.2) is 21.2 Å². The summed E-state index contributed by atoms with van der Waals surface area (Å²) in [5.74, 6) is -0.349. The van der Waals surface area contributed by atoms with Crippen LogP contribution in [0.3, 0.4) is 0 Å². The molecule has 0 aromatic heterocycles. The predicted octanol–water partition coefficient (Wildman–Crippen LogP) is 1.77. The van der Waals surface area contributed by atoms with E-state index >= 15 is 0 Å². The van der Waals surface area contributed by atoms with E-state index in [9.17, 15) is 14.7 Å². The Morgan fingerprint density at radius 3 is 2.68 bits per heavy atom. The molecule has 0 amide bonds. The molecule has 1 aliphatic heterocycles. The SMILES string of the molecule is CCSC1=NC(=Cc2ccc(C(=O)[O-])cc2)C(=O)S1. The number of carbonyl (C=O) groups is 2. The molecule has 1 aromatic rings. The lowest BCUT2D eigenvalue weighted by molar-refractivity contribution is -0.255. The molecule has 19 heavy (non-hydrogen) atoms. The molecule has 0 bridgehead atoms. The lowest BCUT2D eigenvalue weighted by atomic mass is 10.1. The maximum atomic E-state index is 11.7. The number of carboxylic acids is 1. The zero-order chi connectivity index (χ0) is 13.8. The van der Waals surface area contributed by atoms with Gasteiger partial charge < -0.3 is 9.90 Å². The van der Waals surface area contributed by atoms with Crippen LogP contribution in [0.2, 0.25) is 0 Å². The second-order valence-electron chi connectivity index (χ2n) is 3.64. The van der Waals surface area contributed by atoms with Crippen LogP contribution in [-0.2, 0) is 4.79 Å². The van der Waals surface area contributed by atoms with E-state index in [1.54, 1.807) is 18.2 Å². The zero-order valence-electron chi connectivity index (χ0n) is 10.1. The van der Waals surface area contributed by atoms with Gasteiger partial charge in [-0.2, -0.15) is 0 Å². The molecule has 1 heterocycles.